The molecule has 0 aliphatic heterocycles. The van der Waals surface area contributed by atoms with Gasteiger partial charge in [-0.3, -0.25) is 4.90 Å². The van der Waals surface area contributed by atoms with Crippen molar-refractivity contribution in [1.29, 1.82) is 0 Å². The number of carbonyl (C=O) groups is 2. The maximum absolute atomic E-state index is 12.3. The van der Waals surface area contributed by atoms with E-state index in [1.807, 2.05) is 44.4 Å². The zero-order valence-corrected chi connectivity index (χ0v) is 13.4. The van der Waals surface area contributed by atoms with Crippen LogP contribution in [0.5, 0.6) is 0 Å². The second-order valence-electron chi connectivity index (χ2n) is 4.65. The Morgan fingerprint density at radius 2 is 2.05 bits per heavy atom. The number of aryl methyl sites for hydroxylation is 1. The van der Waals surface area contributed by atoms with Gasteiger partial charge >= 0.3 is 12.0 Å². The van der Waals surface area contributed by atoms with E-state index in [-0.39, 0.29) is 6.03 Å². The number of anilines is 1. The van der Waals surface area contributed by atoms with Crippen LogP contribution in [0.4, 0.5) is 10.5 Å². The summed E-state index contributed by atoms with van der Waals surface area (Å²) < 4.78 is 0. The number of hydrogen-bond donors (Lipinski definition) is 2. The van der Waals surface area contributed by atoms with Gasteiger partial charge in [-0.15, -0.1) is 0 Å². The van der Waals surface area contributed by atoms with Gasteiger partial charge in [0.05, 0.1) is 0 Å². The molecule has 1 aromatic rings. The fourth-order valence-corrected chi connectivity index (χ4v) is 2.48. The van der Waals surface area contributed by atoms with Gasteiger partial charge in [0.25, 0.3) is 0 Å². The largest absolute Gasteiger partial charge is 0.480 e. The summed E-state index contributed by atoms with van der Waals surface area (Å²) in [4.78, 5) is 25.1. The highest BCUT2D eigenvalue weighted by atomic mass is 32.2. The van der Waals surface area contributed by atoms with Crippen LogP contribution in [0.1, 0.15) is 18.9 Å². The van der Waals surface area contributed by atoms with Gasteiger partial charge in [0.15, 0.2) is 0 Å². The van der Waals surface area contributed by atoms with Gasteiger partial charge < -0.3 is 10.4 Å². The molecular weight excluding hydrogens is 288 g/mol. The Kier molecular flexibility index (Phi) is 7.08. The molecule has 2 amide bonds. The number of carboxylic acids is 1. The molecular formula is C15H22N2O3S. The van der Waals surface area contributed by atoms with Crippen LogP contribution in [0, 0.1) is 6.92 Å². The Morgan fingerprint density at radius 3 is 2.57 bits per heavy atom. The summed E-state index contributed by atoms with van der Waals surface area (Å²) in [6, 6.07) is 6.32. The molecule has 0 saturated heterocycles. The van der Waals surface area contributed by atoms with Crippen LogP contribution in [0.25, 0.3) is 0 Å². The summed E-state index contributed by atoms with van der Waals surface area (Å²) in [7, 11) is 0. The highest BCUT2D eigenvalue weighted by Gasteiger charge is 2.23. The Bertz CT molecular complexity index is 494. The van der Waals surface area contributed by atoms with Crippen molar-refractivity contribution < 1.29 is 14.7 Å². The van der Waals surface area contributed by atoms with Crippen LogP contribution >= 0.6 is 11.8 Å². The molecule has 5 nitrogen and oxygen atoms in total. The molecule has 0 heterocycles. The molecule has 1 unspecified atom stereocenters. The number of amides is 2. The topological polar surface area (TPSA) is 69.6 Å². The van der Waals surface area contributed by atoms with Gasteiger partial charge in [0.2, 0.25) is 0 Å². The second-order valence-corrected chi connectivity index (χ2v) is 5.64. The summed E-state index contributed by atoms with van der Waals surface area (Å²) in [5.41, 5.74) is 1.77. The van der Waals surface area contributed by atoms with E-state index >= 15 is 0 Å². The molecule has 0 bridgehead atoms. The summed E-state index contributed by atoms with van der Waals surface area (Å²) >= 11 is 1.56. The Labute approximate surface area is 129 Å². The molecule has 0 aliphatic carbocycles. The number of nitrogens with one attached hydrogen (secondary N) is 1. The molecule has 1 aromatic carbocycles. The normalized spacial score (nSPS) is 11.8. The minimum Gasteiger partial charge on any atom is -0.480 e. The number of rotatable bonds is 7. The van der Waals surface area contributed by atoms with E-state index in [0.29, 0.717) is 18.7 Å². The Hall–Kier alpha value is -1.69. The third-order valence-electron chi connectivity index (χ3n) is 3.17. The number of hydrogen-bond acceptors (Lipinski definition) is 3. The lowest BCUT2D eigenvalue weighted by atomic mass is 10.2. The monoisotopic (exact) mass is 310 g/mol. The summed E-state index contributed by atoms with van der Waals surface area (Å²) in [5.74, 6) is -0.313. The average Bonchev–Trinajstić information content (AvgIpc) is 2.45. The number of carbonyl (C=O) groups excluding carboxylic acids is 1. The Balaban J connectivity index is 2.83. The first kappa shape index (κ1) is 17.4. The van der Waals surface area contributed by atoms with E-state index in [9.17, 15) is 14.7 Å². The maximum Gasteiger partial charge on any atom is 0.326 e. The van der Waals surface area contributed by atoms with Gasteiger partial charge in [-0.25, -0.2) is 9.59 Å². The summed E-state index contributed by atoms with van der Waals surface area (Å²) in [6.45, 7) is 4.27. The third-order valence-corrected chi connectivity index (χ3v) is 3.82. The summed E-state index contributed by atoms with van der Waals surface area (Å²) in [5, 5.41) is 11.8. The van der Waals surface area contributed by atoms with Gasteiger partial charge in [-0.2, -0.15) is 11.8 Å². The zero-order chi connectivity index (χ0) is 15.8. The third kappa shape index (κ3) is 4.97. The number of urea groups is 1. The fraction of sp³-hybridized carbons (Fsp3) is 0.467. The van der Waals surface area contributed by atoms with E-state index in [2.05, 4.69) is 5.32 Å². The van der Waals surface area contributed by atoms with Crippen molar-refractivity contribution in [3.63, 3.8) is 0 Å². The van der Waals surface area contributed by atoms with Crippen LogP contribution < -0.4 is 10.2 Å². The molecule has 0 aliphatic rings. The van der Waals surface area contributed by atoms with E-state index in [1.54, 1.807) is 16.7 Å². The zero-order valence-electron chi connectivity index (χ0n) is 12.6. The quantitative estimate of drug-likeness (QED) is 0.812. The number of benzene rings is 1. The van der Waals surface area contributed by atoms with Crippen LogP contribution in [-0.4, -0.2) is 41.7 Å². The number of carboxylic acid groups (broad SMARTS) is 1. The van der Waals surface area contributed by atoms with E-state index in [0.717, 1.165) is 11.3 Å². The van der Waals surface area contributed by atoms with Crippen molar-refractivity contribution in [1.82, 2.24) is 5.32 Å². The van der Waals surface area contributed by atoms with Crippen molar-refractivity contribution in [3.05, 3.63) is 29.8 Å². The molecule has 0 saturated carbocycles. The average molecular weight is 310 g/mol. The van der Waals surface area contributed by atoms with Gasteiger partial charge in [-0.1, -0.05) is 18.2 Å². The van der Waals surface area contributed by atoms with Gasteiger partial charge in [0.1, 0.15) is 6.04 Å². The lowest BCUT2D eigenvalue weighted by Crippen LogP contribution is -2.48. The minimum absolute atomic E-state index is 0.375. The van der Waals surface area contributed by atoms with Crippen molar-refractivity contribution in [2.24, 2.45) is 0 Å². The SMILES string of the molecule is CCN(C(=O)NC(CCSC)C(=O)O)c1ccccc1C. The molecule has 0 aromatic heterocycles. The first-order valence-corrected chi connectivity index (χ1v) is 8.26. The van der Waals surface area contributed by atoms with Crippen molar-refractivity contribution in [2.45, 2.75) is 26.3 Å². The lowest BCUT2D eigenvalue weighted by Gasteiger charge is -2.25. The first-order chi connectivity index (χ1) is 10.0. The van der Waals surface area contributed by atoms with Gasteiger partial charge in [-0.05, 0) is 43.9 Å². The predicted octanol–water partition coefficient (Wildman–Crippen LogP) is 2.74. The van der Waals surface area contributed by atoms with E-state index in [4.69, 9.17) is 0 Å². The van der Waals surface area contributed by atoms with Crippen LogP contribution in [0.2, 0.25) is 0 Å². The molecule has 2 N–H and O–H groups in total. The van der Waals surface area contributed by atoms with Crippen LogP contribution in [-0.2, 0) is 4.79 Å². The molecule has 0 fully saturated rings. The van der Waals surface area contributed by atoms with Crippen molar-refractivity contribution in [3.8, 4) is 0 Å². The number of aliphatic carboxylic acids is 1. The molecule has 6 heteroatoms. The molecule has 0 radical (unpaired) electrons. The molecule has 1 atom stereocenters. The van der Waals surface area contributed by atoms with Crippen molar-refractivity contribution >= 4 is 29.4 Å². The number of nitrogens with zero attached hydrogens (tertiary/aromatic N) is 1. The Morgan fingerprint density at radius 1 is 1.38 bits per heavy atom. The lowest BCUT2D eigenvalue weighted by molar-refractivity contribution is -0.139. The smallest absolute Gasteiger partial charge is 0.326 e. The molecule has 1 rings (SSSR count). The predicted molar refractivity (Wildman–Crippen MR) is 87.2 cm³/mol. The molecule has 21 heavy (non-hydrogen) atoms. The maximum atomic E-state index is 12.3. The number of para-hydroxylation sites is 1. The van der Waals surface area contributed by atoms with Crippen LogP contribution in [0.3, 0.4) is 0 Å². The molecule has 116 valence electrons. The number of thioether (sulfide) groups is 1. The van der Waals surface area contributed by atoms with Gasteiger partial charge in [0, 0.05) is 12.2 Å². The summed E-state index contributed by atoms with van der Waals surface area (Å²) in [6.07, 6.45) is 2.32. The second kappa shape index (κ2) is 8.56. The van der Waals surface area contributed by atoms with Crippen LogP contribution in [0.15, 0.2) is 24.3 Å². The molecule has 0 spiro atoms. The van der Waals surface area contributed by atoms with E-state index < -0.39 is 12.0 Å². The first-order valence-electron chi connectivity index (χ1n) is 6.86. The standard InChI is InChI=1S/C15H22N2O3S/c1-4-17(13-8-6-5-7-11(13)2)15(20)16-12(14(18)19)9-10-21-3/h5-8,12H,4,9-10H2,1-3H3,(H,16,20)(H,18,19). The highest BCUT2D eigenvalue weighted by Crippen LogP contribution is 2.19. The minimum atomic E-state index is -1.00. The van der Waals surface area contributed by atoms with E-state index in [1.165, 1.54) is 0 Å². The fourth-order valence-electron chi connectivity index (χ4n) is 2.01. The highest BCUT2D eigenvalue weighted by molar-refractivity contribution is 7.98. The van der Waals surface area contributed by atoms with Crippen molar-refractivity contribution in [2.75, 3.05) is 23.5 Å².